The smallest absolute Gasteiger partial charge is 0.305 e. The van der Waals surface area contributed by atoms with Crippen LogP contribution >= 0.6 is 0 Å². The maximum absolute atomic E-state index is 15.2. The number of nitrogens with zero attached hydrogens (tertiary/aromatic N) is 3. The molecule has 2 N–H and O–H groups in total. The molecular weight excluding hydrogens is 569 g/mol. The minimum atomic E-state index is -0.387. The number of carbonyl (C=O) groups is 2. The number of carbonyl (C=O) groups excluding carboxylic acids is 2. The van der Waals surface area contributed by atoms with E-state index in [9.17, 15) is 9.59 Å². The Kier molecular flexibility index (Phi) is 9.17. The second-order valence-electron chi connectivity index (χ2n) is 11.7. The number of ether oxygens (including phenoxy) is 4. The molecule has 7 rings (SSSR count). The zero-order valence-electron chi connectivity index (χ0n) is 24.9. The number of aromatic nitrogens is 3. The molecule has 2 bridgehead atoms. The molecule has 6 heterocycles. The summed E-state index contributed by atoms with van der Waals surface area (Å²) >= 11 is 0. The molecule has 44 heavy (non-hydrogen) atoms. The van der Waals surface area contributed by atoms with E-state index in [2.05, 4.69) is 25.6 Å². The van der Waals surface area contributed by atoms with Crippen LogP contribution < -0.4 is 20.1 Å². The molecule has 1 atom stereocenters. The minimum absolute atomic E-state index is 0.00488. The molecule has 11 nitrogen and oxygen atoms in total. The third-order valence-electron chi connectivity index (χ3n) is 8.81. The first kappa shape index (κ1) is 30.1. The van der Waals surface area contributed by atoms with Crippen LogP contribution in [0.4, 0.5) is 10.2 Å². The quantitative estimate of drug-likeness (QED) is 0.227. The highest BCUT2D eigenvalue weighted by atomic mass is 19.1. The lowest BCUT2D eigenvalue weighted by atomic mass is 9.75. The molecule has 234 valence electrons. The number of rotatable bonds is 12. The molecule has 0 spiro atoms. The van der Waals surface area contributed by atoms with Crippen LogP contribution in [0, 0.1) is 11.7 Å². The van der Waals surface area contributed by atoms with Gasteiger partial charge in [-0.05, 0) is 76.0 Å². The predicted octanol–water partition coefficient (Wildman–Crippen LogP) is 4.27. The van der Waals surface area contributed by atoms with Gasteiger partial charge < -0.3 is 29.6 Å². The zero-order valence-corrected chi connectivity index (χ0v) is 24.9. The number of halogens is 1. The van der Waals surface area contributed by atoms with E-state index in [1.165, 1.54) is 6.20 Å². The number of amides is 1. The minimum Gasteiger partial charge on any atom is -0.480 e. The van der Waals surface area contributed by atoms with Crippen LogP contribution in [0.3, 0.4) is 0 Å². The van der Waals surface area contributed by atoms with Crippen molar-refractivity contribution in [2.24, 2.45) is 5.92 Å². The van der Waals surface area contributed by atoms with E-state index in [4.69, 9.17) is 18.9 Å². The van der Waals surface area contributed by atoms with Gasteiger partial charge in [0, 0.05) is 30.6 Å². The van der Waals surface area contributed by atoms with Crippen LogP contribution in [-0.2, 0) is 32.0 Å². The van der Waals surface area contributed by atoms with Crippen LogP contribution in [0.25, 0.3) is 11.0 Å². The van der Waals surface area contributed by atoms with Crippen LogP contribution in [0.15, 0.2) is 30.5 Å². The van der Waals surface area contributed by atoms with Crippen molar-refractivity contribution in [2.75, 3.05) is 31.7 Å². The fourth-order valence-corrected chi connectivity index (χ4v) is 6.38. The predicted molar refractivity (Wildman–Crippen MR) is 159 cm³/mol. The van der Waals surface area contributed by atoms with Gasteiger partial charge in [0.15, 0.2) is 18.2 Å². The first-order chi connectivity index (χ1) is 21.4. The summed E-state index contributed by atoms with van der Waals surface area (Å²) < 4.78 is 37.9. The number of hydrogen-bond donors (Lipinski definition) is 2. The standard InChI is InChI=1S/C32H38FN5O6/c1-2-41-29(40)4-3-15-42-28-8-6-24-30(38-28)22(23(33)17-35-24)11-14-32-12-9-20(10-13-32)25(18-44-32)34-16-21-5-7-26-31(36-21)37-27(39)19-43-26/h5-8,17,20,25,34H,2-4,9-16,18-19H2,1H3,(H,36,37,39). The molecule has 2 saturated heterocycles. The van der Waals surface area contributed by atoms with E-state index in [0.29, 0.717) is 85.6 Å². The third kappa shape index (κ3) is 6.91. The lowest BCUT2D eigenvalue weighted by Gasteiger charge is -2.36. The Morgan fingerprint density at radius 3 is 2.91 bits per heavy atom. The Bertz CT molecular complexity index is 1510. The van der Waals surface area contributed by atoms with Crippen molar-refractivity contribution in [3.8, 4) is 11.6 Å². The van der Waals surface area contributed by atoms with Crippen molar-refractivity contribution >= 4 is 28.7 Å². The summed E-state index contributed by atoms with van der Waals surface area (Å²) in [5.74, 6) is 1.03. The second-order valence-corrected chi connectivity index (χ2v) is 11.7. The number of aryl methyl sites for hydroxylation is 1. The first-order valence-corrected chi connectivity index (χ1v) is 15.4. The molecule has 1 saturated carbocycles. The van der Waals surface area contributed by atoms with Gasteiger partial charge in [-0.3, -0.25) is 14.6 Å². The average molecular weight is 608 g/mol. The van der Waals surface area contributed by atoms with Gasteiger partial charge in [0.05, 0.1) is 48.3 Å². The molecule has 3 aliphatic heterocycles. The fourth-order valence-electron chi connectivity index (χ4n) is 6.38. The van der Waals surface area contributed by atoms with Gasteiger partial charge in [0.25, 0.3) is 5.91 Å². The number of fused-ring (bicyclic) bond motifs is 6. The first-order valence-electron chi connectivity index (χ1n) is 15.4. The molecule has 0 aromatic carbocycles. The van der Waals surface area contributed by atoms with Gasteiger partial charge in [-0.25, -0.2) is 14.4 Å². The normalized spacial score (nSPS) is 22.5. The largest absolute Gasteiger partial charge is 0.480 e. The number of anilines is 1. The lowest BCUT2D eigenvalue weighted by Crippen LogP contribution is -2.38. The summed E-state index contributed by atoms with van der Waals surface area (Å²) in [5, 5.41) is 6.39. The Balaban J connectivity index is 1.07. The summed E-state index contributed by atoms with van der Waals surface area (Å²) in [4.78, 5) is 36.6. The van der Waals surface area contributed by atoms with Crippen LogP contribution in [0.2, 0.25) is 0 Å². The molecular formula is C32H38FN5O6. The van der Waals surface area contributed by atoms with Crippen molar-refractivity contribution in [1.29, 1.82) is 0 Å². The third-order valence-corrected chi connectivity index (χ3v) is 8.81. The molecule has 12 heteroatoms. The van der Waals surface area contributed by atoms with E-state index >= 15 is 4.39 Å². The Morgan fingerprint density at radius 1 is 1.20 bits per heavy atom. The topological polar surface area (TPSA) is 134 Å². The van der Waals surface area contributed by atoms with Crippen molar-refractivity contribution in [1.82, 2.24) is 20.3 Å². The van der Waals surface area contributed by atoms with E-state index in [0.717, 1.165) is 31.4 Å². The summed E-state index contributed by atoms with van der Waals surface area (Å²) in [7, 11) is 0. The van der Waals surface area contributed by atoms with Crippen molar-refractivity contribution in [2.45, 2.75) is 76.5 Å². The van der Waals surface area contributed by atoms with Crippen LogP contribution in [0.5, 0.6) is 11.6 Å². The summed E-state index contributed by atoms with van der Waals surface area (Å²) in [6.07, 6.45) is 7.07. The van der Waals surface area contributed by atoms with Gasteiger partial charge in [-0.2, -0.15) is 0 Å². The van der Waals surface area contributed by atoms with Gasteiger partial charge in [-0.15, -0.1) is 0 Å². The molecule has 3 fully saturated rings. The lowest BCUT2D eigenvalue weighted by molar-refractivity contribution is -0.143. The Hall–Kier alpha value is -3.90. The van der Waals surface area contributed by atoms with Gasteiger partial charge in [0.1, 0.15) is 5.82 Å². The van der Waals surface area contributed by atoms with Crippen molar-refractivity contribution < 1.29 is 32.9 Å². The van der Waals surface area contributed by atoms with E-state index in [1.807, 2.05) is 12.1 Å². The van der Waals surface area contributed by atoms with E-state index in [1.54, 1.807) is 19.1 Å². The molecule has 3 aromatic rings. The molecule has 1 unspecified atom stereocenters. The Morgan fingerprint density at radius 2 is 2.07 bits per heavy atom. The van der Waals surface area contributed by atoms with Crippen LogP contribution in [-0.4, -0.2) is 64.9 Å². The molecule has 4 aliphatic rings. The van der Waals surface area contributed by atoms with E-state index < -0.39 is 0 Å². The maximum Gasteiger partial charge on any atom is 0.305 e. The molecule has 0 radical (unpaired) electrons. The molecule has 3 aromatic heterocycles. The Labute approximate surface area is 255 Å². The maximum atomic E-state index is 15.2. The second kappa shape index (κ2) is 13.4. The number of pyridine rings is 3. The highest BCUT2D eigenvalue weighted by Crippen LogP contribution is 2.43. The van der Waals surface area contributed by atoms with Gasteiger partial charge in [0.2, 0.25) is 5.88 Å². The zero-order chi connectivity index (χ0) is 30.5. The highest BCUT2D eigenvalue weighted by molar-refractivity contribution is 5.94. The number of nitrogens with one attached hydrogen (secondary N) is 2. The average Bonchev–Trinajstić information content (AvgIpc) is 3.31. The van der Waals surface area contributed by atoms with Gasteiger partial charge in [-0.1, -0.05) is 0 Å². The fraction of sp³-hybridized carbons (Fsp3) is 0.531. The summed E-state index contributed by atoms with van der Waals surface area (Å²) in [5.41, 5.74) is 2.11. The van der Waals surface area contributed by atoms with E-state index in [-0.39, 0.29) is 42.4 Å². The summed E-state index contributed by atoms with van der Waals surface area (Å²) in [6, 6.07) is 7.41. The number of hydrogen-bond acceptors (Lipinski definition) is 10. The SMILES string of the molecule is CCOC(=O)CCCOc1ccc2ncc(F)c(CCC34CCC(CC3)C(NCc3ccc5c(n3)NC(=O)CO5)CO4)c2n1. The molecule has 1 amide bonds. The highest BCUT2D eigenvalue weighted by Gasteiger charge is 2.42. The molecule has 1 aliphatic carbocycles. The number of esters is 1. The van der Waals surface area contributed by atoms with Crippen molar-refractivity contribution in [3.63, 3.8) is 0 Å². The van der Waals surface area contributed by atoms with Crippen LogP contribution in [0.1, 0.15) is 63.1 Å². The summed E-state index contributed by atoms with van der Waals surface area (Å²) in [6.45, 7) is 3.55. The monoisotopic (exact) mass is 607 g/mol. The van der Waals surface area contributed by atoms with Crippen molar-refractivity contribution in [3.05, 3.63) is 47.5 Å². The van der Waals surface area contributed by atoms with Gasteiger partial charge >= 0.3 is 5.97 Å².